The van der Waals surface area contributed by atoms with Crippen LogP contribution in [0.2, 0.25) is 0 Å². The summed E-state index contributed by atoms with van der Waals surface area (Å²) in [6.07, 6.45) is 0.740. The molecule has 0 bridgehead atoms. The van der Waals surface area contributed by atoms with E-state index in [9.17, 15) is 13.6 Å². The van der Waals surface area contributed by atoms with Crippen LogP contribution in [0.4, 0.5) is 14.5 Å². The minimum Gasteiger partial charge on any atom is -0.365 e. The Kier molecular flexibility index (Phi) is 9.47. The zero-order valence-corrected chi connectivity index (χ0v) is 20.0. The zero-order valence-electron chi connectivity index (χ0n) is 17.6. The first kappa shape index (κ1) is 24.8. The molecule has 0 aromatic heterocycles. The highest BCUT2D eigenvalue weighted by Gasteiger charge is 2.27. The van der Waals surface area contributed by atoms with Crippen molar-refractivity contribution in [3.8, 4) is 0 Å². The van der Waals surface area contributed by atoms with Gasteiger partial charge in [0.15, 0.2) is 5.96 Å². The number of aliphatic imine (C=N–C) groups is 1. The molecule has 3 rings (SSSR count). The molecule has 31 heavy (non-hydrogen) atoms. The van der Waals surface area contributed by atoms with E-state index in [1.807, 2.05) is 25.1 Å². The van der Waals surface area contributed by atoms with E-state index in [4.69, 9.17) is 0 Å². The number of hydrogen-bond acceptors (Lipinski definition) is 3. The van der Waals surface area contributed by atoms with Crippen molar-refractivity contribution < 1.29 is 13.6 Å². The Morgan fingerprint density at radius 2 is 1.90 bits per heavy atom. The third-order valence-corrected chi connectivity index (χ3v) is 4.96. The number of halogens is 3. The fraction of sp³-hybridized carbons (Fsp3) is 0.364. The van der Waals surface area contributed by atoms with E-state index in [1.54, 1.807) is 18.0 Å². The number of guanidine groups is 1. The molecule has 2 aromatic rings. The Morgan fingerprint density at radius 1 is 1.19 bits per heavy atom. The second-order valence-electron chi connectivity index (χ2n) is 7.12. The molecule has 1 heterocycles. The molecular formula is C22H28F2IN5O. The van der Waals surface area contributed by atoms with E-state index < -0.39 is 11.6 Å². The molecule has 0 spiro atoms. The average molecular weight is 543 g/mol. The number of para-hydroxylation sites is 1. The van der Waals surface area contributed by atoms with Gasteiger partial charge in [0, 0.05) is 38.3 Å². The van der Waals surface area contributed by atoms with Crippen molar-refractivity contribution in [1.82, 2.24) is 16.0 Å². The van der Waals surface area contributed by atoms with Crippen molar-refractivity contribution in [2.24, 2.45) is 4.99 Å². The van der Waals surface area contributed by atoms with Crippen molar-refractivity contribution in [1.29, 1.82) is 0 Å². The predicted molar refractivity (Wildman–Crippen MR) is 130 cm³/mol. The molecule has 9 heteroatoms. The summed E-state index contributed by atoms with van der Waals surface area (Å²) < 4.78 is 28.1. The molecule has 1 aliphatic rings. The number of anilines is 1. The lowest BCUT2D eigenvalue weighted by atomic mass is 10.1. The minimum atomic E-state index is -0.549. The van der Waals surface area contributed by atoms with Gasteiger partial charge in [0.05, 0.1) is 6.54 Å². The summed E-state index contributed by atoms with van der Waals surface area (Å²) in [7, 11) is 1.60. The normalized spacial score (nSPS) is 15.9. The van der Waals surface area contributed by atoms with Gasteiger partial charge in [0.25, 0.3) is 5.91 Å². The Morgan fingerprint density at radius 3 is 2.58 bits per heavy atom. The van der Waals surface area contributed by atoms with Crippen LogP contribution in [0.1, 0.15) is 29.3 Å². The highest BCUT2D eigenvalue weighted by molar-refractivity contribution is 14.0. The van der Waals surface area contributed by atoms with Crippen molar-refractivity contribution in [3.63, 3.8) is 0 Å². The van der Waals surface area contributed by atoms with Crippen molar-refractivity contribution in [2.75, 3.05) is 31.6 Å². The van der Waals surface area contributed by atoms with Gasteiger partial charge < -0.3 is 20.9 Å². The maximum absolute atomic E-state index is 14.1. The molecule has 3 N–H and O–H groups in total. The Labute approximate surface area is 198 Å². The molecule has 1 saturated heterocycles. The summed E-state index contributed by atoms with van der Waals surface area (Å²) in [5, 5.41) is 9.16. The highest BCUT2D eigenvalue weighted by Crippen LogP contribution is 2.26. The van der Waals surface area contributed by atoms with Gasteiger partial charge in [-0.3, -0.25) is 4.79 Å². The third kappa shape index (κ3) is 6.52. The van der Waals surface area contributed by atoms with Crippen molar-refractivity contribution in [2.45, 2.75) is 25.9 Å². The summed E-state index contributed by atoms with van der Waals surface area (Å²) in [6.45, 7) is 4.09. The summed E-state index contributed by atoms with van der Waals surface area (Å²) in [5.41, 5.74) is 1.52. The smallest absolute Gasteiger partial charge is 0.251 e. The lowest BCUT2D eigenvalue weighted by molar-refractivity contribution is 0.0963. The largest absolute Gasteiger partial charge is 0.365 e. The van der Waals surface area contributed by atoms with E-state index in [1.165, 1.54) is 18.2 Å². The van der Waals surface area contributed by atoms with Crippen LogP contribution >= 0.6 is 24.0 Å². The second-order valence-corrected chi connectivity index (χ2v) is 7.12. The maximum Gasteiger partial charge on any atom is 0.251 e. The monoisotopic (exact) mass is 543 g/mol. The first-order valence-electron chi connectivity index (χ1n) is 10.1. The van der Waals surface area contributed by atoms with Gasteiger partial charge in [-0.05, 0) is 43.2 Å². The fourth-order valence-electron chi connectivity index (χ4n) is 3.51. The Hall–Kier alpha value is -2.43. The van der Waals surface area contributed by atoms with Gasteiger partial charge in [-0.15, -0.1) is 24.0 Å². The number of amides is 1. The predicted octanol–water partition coefficient (Wildman–Crippen LogP) is 3.28. The van der Waals surface area contributed by atoms with Gasteiger partial charge in [-0.25, -0.2) is 13.8 Å². The molecule has 2 aromatic carbocycles. The van der Waals surface area contributed by atoms with E-state index in [0.717, 1.165) is 12.0 Å². The van der Waals surface area contributed by atoms with Crippen LogP contribution in [0.15, 0.2) is 47.5 Å². The number of nitrogens with one attached hydrogen (secondary N) is 3. The lowest BCUT2D eigenvalue weighted by Crippen LogP contribution is -2.44. The van der Waals surface area contributed by atoms with Gasteiger partial charge in [0.2, 0.25) is 0 Å². The van der Waals surface area contributed by atoms with E-state index in [-0.39, 0.29) is 41.6 Å². The number of rotatable bonds is 6. The fourth-order valence-corrected chi connectivity index (χ4v) is 3.51. The summed E-state index contributed by atoms with van der Waals surface area (Å²) in [4.78, 5) is 18.1. The molecule has 0 aliphatic carbocycles. The number of hydrogen-bond donors (Lipinski definition) is 3. The standard InChI is InChI=1S/C22H27F2N5O.HI/c1-3-26-22(27-13-15-6-4-7-16(12-15)21(30)25-2)28-17-10-11-29(14-17)20-18(23)8-5-9-19(20)24;/h4-9,12,17H,3,10-11,13-14H2,1-2H3,(H,25,30)(H2,26,27,28);1H. The minimum absolute atomic E-state index is 0. The first-order chi connectivity index (χ1) is 14.5. The SMILES string of the molecule is CCNC(=NCc1cccc(C(=O)NC)c1)NC1CCN(c2c(F)cccc2F)C1.I. The van der Waals surface area contributed by atoms with Crippen LogP contribution in [0, 0.1) is 11.6 Å². The van der Waals surface area contributed by atoms with Crippen LogP contribution < -0.4 is 20.9 Å². The quantitative estimate of drug-likeness (QED) is 0.298. The second kappa shape index (κ2) is 11.8. The van der Waals surface area contributed by atoms with Crippen LogP contribution in [0.5, 0.6) is 0 Å². The molecule has 0 radical (unpaired) electrons. The van der Waals surface area contributed by atoms with Gasteiger partial charge >= 0.3 is 0 Å². The topological polar surface area (TPSA) is 68.8 Å². The van der Waals surface area contributed by atoms with Crippen LogP contribution in [-0.2, 0) is 6.54 Å². The van der Waals surface area contributed by atoms with E-state index in [2.05, 4.69) is 20.9 Å². The summed E-state index contributed by atoms with van der Waals surface area (Å²) in [5.74, 6) is -0.611. The van der Waals surface area contributed by atoms with E-state index >= 15 is 0 Å². The molecule has 6 nitrogen and oxygen atoms in total. The molecule has 1 unspecified atom stereocenters. The summed E-state index contributed by atoms with van der Waals surface area (Å²) in [6, 6.07) is 11.2. The molecule has 1 atom stereocenters. The number of nitrogens with zero attached hydrogens (tertiary/aromatic N) is 2. The van der Waals surface area contributed by atoms with Crippen molar-refractivity contribution in [3.05, 3.63) is 65.2 Å². The van der Waals surface area contributed by atoms with E-state index in [0.29, 0.717) is 37.7 Å². The third-order valence-electron chi connectivity index (χ3n) is 4.96. The average Bonchev–Trinajstić information content (AvgIpc) is 3.19. The van der Waals surface area contributed by atoms with Crippen LogP contribution in [0.3, 0.4) is 0 Å². The Bertz CT molecular complexity index is 904. The van der Waals surface area contributed by atoms with Crippen LogP contribution in [-0.4, -0.2) is 44.6 Å². The first-order valence-corrected chi connectivity index (χ1v) is 10.1. The Balaban J connectivity index is 0.00000341. The molecule has 168 valence electrons. The molecular weight excluding hydrogens is 515 g/mol. The number of carbonyl (C=O) groups is 1. The van der Waals surface area contributed by atoms with Crippen molar-refractivity contribution >= 4 is 41.5 Å². The molecule has 1 amide bonds. The highest BCUT2D eigenvalue weighted by atomic mass is 127. The summed E-state index contributed by atoms with van der Waals surface area (Å²) >= 11 is 0. The zero-order chi connectivity index (χ0) is 21.5. The maximum atomic E-state index is 14.1. The number of carbonyl (C=O) groups excluding carboxylic acids is 1. The number of benzene rings is 2. The lowest BCUT2D eigenvalue weighted by Gasteiger charge is -2.21. The molecule has 0 saturated carbocycles. The molecule has 1 aliphatic heterocycles. The van der Waals surface area contributed by atoms with Gasteiger partial charge in [-0.2, -0.15) is 0 Å². The molecule has 1 fully saturated rings. The van der Waals surface area contributed by atoms with Crippen LogP contribution in [0.25, 0.3) is 0 Å². The van der Waals surface area contributed by atoms with Gasteiger partial charge in [0.1, 0.15) is 17.3 Å². The van der Waals surface area contributed by atoms with Gasteiger partial charge in [-0.1, -0.05) is 18.2 Å².